The highest BCUT2D eigenvalue weighted by Crippen LogP contribution is 2.32. The fourth-order valence-electron chi connectivity index (χ4n) is 2.09. The van der Waals surface area contributed by atoms with Gasteiger partial charge in [-0.2, -0.15) is 0 Å². The fraction of sp³-hybridized carbons (Fsp3) is 0.235. The largest absolute Gasteiger partial charge is 0.504 e. The molecule has 0 saturated heterocycles. The molecule has 0 fully saturated rings. The average Bonchev–Trinajstić information content (AvgIpc) is 2.50. The molecule has 2 aromatic rings. The van der Waals surface area contributed by atoms with Gasteiger partial charge in [0.15, 0.2) is 11.5 Å². The number of esters is 1. The molecule has 0 spiro atoms. The first kappa shape index (κ1) is 15.7. The molecule has 2 N–H and O–H groups in total. The van der Waals surface area contributed by atoms with Crippen LogP contribution in [0, 0.1) is 13.8 Å². The first-order valence-corrected chi connectivity index (χ1v) is 6.76. The normalized spacial score (nSPS) is 10.3. The molecule has 0 bridgehead atoms. The summed E-state index contributed by atoms with van der Waals surface area (Å²) in [6.07, 6.45) is 0. The van der Waals surface area contributed by atoms with Crippen LogP contribution >= 0.6 is 0 Å². The molecule has 5 heteroatoms. The number of phenolic OH excluding ortho intramolecular Hbond substituents is 2. The predicted molar refractivity (Wildman–Crippen MR) is 81.4 cm³/mol. The lowest BCUT2D eigenvalue weighted by molar-refractivity contribution is 0.0466. The number of phenols is 2. The first-order chi connectivity index (χ1) is 10.4. The van der Waals surface area contributed by atoms with Crippen molar-refractivity contribution >= 4 is 5.97 Å². The number of benzene rings is 2. The molecule has 2 rings (SSSR count). The van der Waals surface area contributed by atoms with E-state index in [4.69, 9.17) is 9.47 Å². The van der Waals surface area contributed by atoms with Crippen molar-refractivity contribution in [2.24, 2.45) is 0 Å². The van der Waals surface area contributed by atoms with Crippen LogP contribution in [0.15, 0.2) is 30.3 Å². The second-order valence-corrected chi connectivity index (χ2v) is 5.02. The maximum Gasteiger partial charge on any atom is 0.342 e. The molecule has 0 aliphatic carbocycles. The van der Waals surface area contributed by atoms with Crippen LogP contribution in [0.5, 0.6) is 17.2 Å². The number of aromatic hydroxyl groups is 2. The minimum atomic E-state index is -0.712. The molecule has 0 radical (unpaired) electrons. The monoisotopic (exact) mass is 302 g/mol. The summed E-state index contributed by atoms with van der Waals surface area (Å²) in [5.41, 5.74) is 2.15. The van der Waals surface area contributed by atoms with E-state index < -0.39 is 11.7 Å². The summed E-state index contributed by atoms with van der Waals surface area (Å²) in [4.78, 5) is 12.1. The molecule has 0 heterocycles. The van der Waals surface area contributed by atoms with Gasteiger partial charge < -0.3 is 19.7 Å². The quantitative estimate of drug-likeness (QED) is 0.670. The number of carbonyl (C=O) groups is 1. The van der Waals surface area contributed by atoms with E-state index in [2.05, 4.69) is 0 Å². The zero-order valence-corrected chi connectivity index (χ0v) is 12.7. The summed E-state index contributed by atoms with van der Waals surface area (Å²) in [5.74, 6) is -0.880. The van der Waals surface area contributed by atoms with Crippen LogP contribution in [-0.2, 0) is 11.3 Å². The van der Waals surface area contributed by atoms with Crippen LogP contribution in [0.3, 0.4) is 0 Å². The van der Waals surface area contributed by atoms with E-state index in [1.54, 1.807) is 26.2 Å². The Balaban J connectivity index is 2.17. The summed E-state index contributed by atoms with van der Waals surface area (Å²) >= 11 is 0. The van der Waals surface area contributed by atoms with Gasteiger partial charge in [0.05, 0.1) is 7.11 Å². The number of methoxy groups -OCH3 is 1. The summed E-state index contributed by atoms with van der Waals surface area (Å²) in [5, 5.41) is 19.5. The van der Waals surface area contributed by atoms with E-state index in [-0.39, 0.29) is 17.9 Å². The van der Waals surface area contributed by atoms with Crippen LogP contribution in [0.25, 0.3) is 0 Å². The van der Waals surface area contributed by atoms with Crippen molar-refractivity contribution in [3.63, 3.8) is 0 Å². The van der Waals surface area contributed by atoms with Crippen molar-refractivity contribution in [1.29, 1.82) is 0 Å². The van der Waals surface area contributed by atoms with E-state index in [0.29, 0.717) is 11.3 Å². The number of ether oxygens (including phenoxy) is 2. The second-order valence-electron chi connectivity index (χ2n) is 5.02. The average molecular weight is 302 g/mol. The van der Waals surface area contributed by atoms with Gasteiger partial charge in [-0.15, -0.1) is 0 Å². The molecule has 0 aliphatic rings. The van der Waals surface area contributed by atoms with Crippen LogP contribution in [0.4, 0.5) is 0 Å². The van der Waals surface area contributed by atoms with Crippen LogP contribution in [0.1, 0.15) is 27.0 Å². The Hall–Kier alpha value is -2.69. The van der Waals surface area contributed by atoms with Gasteiger partial charge in [0.25, 0.3) is 0 Å². The molecular weight excluding hydrogens is 284 g/mol. The summed E-state index contributed by atoms with van der Waals surface area (Å²) in [6.45, 7) is 3.56. The van der Waals surface area contributed by atoms with Crippen LogP contribution < -0.4 is 4.74 Å². The van der Waals surface area contributed by atoms with Crippen molar-refractivity contribution in [3.05, 3.63) is 52.6 Å². The van der Waals surface area contributed by atoms with Gasteiger partial charge in [0.1, 0.15) is 17.9 Å². The molecule has 22 heavy (non-hydrogen) atoms. The molecule has 2 aromatic carbocycles. The Labute approximate surface area is 128 Å². The Morgan fingerprint density at radius 2 is 1.82 bits per heavy atom. The van der Waals surface area contributed by atoms with E-state index in [0.717, 1.165) is 11.1 Å². The van der Waals surface area contributed by atoms with Gasteiger partial charge in [0.2, 0.25) is 0 Å². The van der Waals surface area contributed by atoms with E-state index >= 15 is 0 Å². The van der Waals surface area contributed by atoms with Crippen molar-refractivity contribution < 1.29 is 24.5 Å². The molecule has 0 unspecified atom stereocenters. The van der Waals surface area contributed by atoms with Crippen LogP contribution in [-0.4, -0.2) is 23.3 Å². The summed E-state index contributed by atoms with van der Waals surface area (Å²) in [7, 11) is 1.54. The van der Waals surface area contributed by atoms with Crippen molar-refractivity contribution in [3.8, 4) is 17.2 Å². The lowest BCUT2D eigenvalue weighted by Crippen LogP contribution is -2.07. The highest BCUT2D eigenvalue weighted by Gasteiger charge is 2.17. The zero-order chi connectivity index (χ0) is 16.3. The standard InChI is InChI=1S/C17H18O5/c1-10-4-7-14(21-3)12(8-10)9-22-17(20)13-6-5-11(2)15(18)16(13)19/h4-8,18-19H,9H2,1-3H3. The zero-order valence-electron chi connectivity index (χ0n) is 12.7. The highest BCUT2D eigenvalue weighted by molar-refractivity contribution is 5.93. The SMILES string of the molecule is COc1ccc(C)cc1COC(=O)c1ccc(C)c(O)c1O. The van der Waals surface area contributed by atoms with Gasteiger partial charge in [-0.25, -0.2) is 4.79 Å². The summed E-state index contributed by atoms with van der Waals surface area (Å²) in [6, 6.07) is 8.51. The number of hydrogen-bond acceptors (Lipinski definition) is 5. The molecule has 0 amide bonds. The van der Waals surface area contributed by atoms with Gasteiger partial charge in [-0.1, -0.05) is 17.7 Å². The van der Waals surface area contributed by atoms with Gasteiger partial charge in [0, 0.05) is 5.56 Å². The Morgan fingerprint density at radius 3 is 2.50 bits per heavy atom. The summed E-state index contributed by atoms with van der Waals surface area (Å²) < 4.78 is 10.4. The van der Waals surface area contributed by atoms with Crippen molar-refractivity contribution in [1.82, 2.24) is 0 Å². The van der Waals surface area contributed by atoms with E-state index in [9.17, 15) is 15.0 Å². The van der Waals surface area contributed by atoms with Crippen molar-refractivity contribution in [2.45, 2.75) is 20.5 Å². The number of rotatable bonds is 4. The molecule has 116 valence electrons. The number of aryl methyl sites for hydroxylation is 2. The van der Waals surface area contributed by atoms with E-state index in [1.807, 2.05) is 19.1 Å². The minimum absolute atomic E-state index is 0.0117. The van der Waals surface area contributed by atoms with Gasteiger partial charge in [-0.3, -0.25) is 0 Å². The maximum atomic E-state index is 12.1. The maximum absolute atomic E-state index is 12.1. The Bertz CT molecular complexity index is 706. The van der Waals surface area contributed by atoms with Crippen LogP contribution in [0.2, 0.25) is 0 Å². The van der Waals surface area contributed by atoms with Gasteiger partial charge in [-0.05, 0) is 37.6 Å². The third kappa shape index (κ3) is 3.14. The third-order valence-electron chi connectivity index (χ3n) is 3.37. The van der Waals surface area contributed by atoms with E-state index in [1.165, 1.54) is 6.07 Å². The lowest BCUT2D eigenvalue weighted by Gasteiger charge is -2.11. The molecule has 5 nitrogen and oxygen atoms in total. The number of hydrogen-bond donors (Lipinski definition) is 2. The van der Waals surface area contributed by atoms with Gasteiger partial charge >= 0.3 is 5.97 Å². The molecular formula is C17H18O5. The molecule has 0 aliphatic heterocycles. The topological polar surface area (TPSA) is 76.0 Å². The molecule has 0 aromatic heterocycles. The smallest absolute Gasteiger partial charge is 0.342 e. The minimum Gasteiger partial charge on any atom is -0.504 e. The fourth-order valence-corrected chi connectivity index (χ4v) is 2.09. The Kier molecular flexibility index (Phi) is 4.56. The third-order valence-corrected chi connectivity index (χ3v) is 3.37. The Morgan fingerprint density at radius 1 is 1.09 bits per heavy atom. The predicted octanol–water partition coefficient (Wildman–Crippen LogP) is 3.08. The molecule has 0 atom stereocenters. The highest BCUT2D eigenvalue weighted by atomic mass is 16.5. The second kappa shape index (κ2) is 6.39. The van der Waals surface area contributed by atoms with Crippen molar-refractivity contribution in [2.75, 3.05) is 7.11 Å². The first-order valence-electron chi connectivity index (χ1n) is 6.76. The molecule has 0 saturated carbocycles. The number of carbonyl (C=O) groups excluding carboxylic acids is 1. The lowest BCUT2D eigenvalue weighted by atomic mass is 10.1.